The van der Waals surface area contributed by atoms with Gasteiger partial charge in [-0.1, -0.05) is 11.6 Å². The first-order valence-corrected chi connectivity index (χ1v) is 9.81. The molecule has 2 N–H and O–H groups in total. The highest BCUT2D eigenvalue weighted by Crippen LogP contribution is 2.27. The summed E-state index contributed by atoms with van der Waals surface area (Å²) in [6, 6.07) is 6.71. The van der Waals surface area contributed by atoms with E-state index in [2.05, 4.69) is 15.0 Å². The normalized spacial score (nSPS) is 12.4. The predicted molar refractivity (Wildman–Crippen MR) is 98.5 cm³/mol. The molecular formula is C17H20ClN3O4S. The third kappa shape index (κ3) is 5.42. The SMILES string of the molecule is CCOc1ccc(S(=O)(=O)N[C@H](C)C(=O)NCc2ccncc2)cc1Cl. The highest BCUT2D eigenvalue weighted by atomic mass is 35.5. The third-order valence-electron chi connectivity index (χ3n) is 3.45. The van der Waals surface area contributed by atoms with E-state index in [9.17, 15) is 13.2 Å². The summed E-state index contributed by atoms with van der Waals surface area (Å²) in [6.45, 7) is 3.96. The maximum atomic E-state index is 12.4. The van der Waals surface area contributed by atoms with E-state index in [1.165, 1.54) is 25.1 Å². The lowest BCUT2D eigenvalue weighted by Gasteiger charge is -2.15. The lowest BCUT2D eigenvalue weighted by atomic mass is 10.2. The second-order valence-electron chi connectivity index (χ2n) is 5.44. The van der Waals surface area contributed by atoms with Crippen LogP contribution in [0.15, 0.2) is 47.6 Å². The molecule has 1 aromatic heterocycles. The van der Waals surface area contributed by atoms with Gasteiger partial charge in [-0.15, -0.1) is 0 Å². The molecule has 9 heteroatoms. The van der Waals surface area contributed by atoms with Crippen LogP contribution in [0.3, 0.4) is 0 Å². The van der Waals surface area contributed by atoms with Crippen molar-refractivity contribution in [1.82, 2.24) is 15.0 Å². The Morgan fingerprint density at radius 2 is 1.96 bits per heavy atom. The molecule has 0 spiro atoms. The molecule has 0 saturated carbocycles. The summed E-state index contributed by atoms with van der Waals surface area (Å²) in [5.74, 6) is -0.0429. The molecule has 0 radical (unpaired) electrons. The number of amides is 1. The molecule has 7 nitrogen and oxygen atoms in total. The van der Waals surface area contributed by atoms with Gasteiger partial charge in [0.15, 0.2) is 0 Å². The van der Waals surface area contributed by atoms with Crippen LogP contribution in [0.25, 0.3) is 0 Å². The third-order valence-corrected chi connectivity index (χ3v) is 5.29. The number of nitrogens with zero attached hydrogens (tertiary/aromatic N) is 1. The van der Waals surface area contributed by atoms with Crippen molar-refractivity contribution in [2.75, 3.05) is 6.61 Å². The largest absolute Gasteiger partial charge is 0.492 e. The Hall–Kier alpha value is -2.16. The number of hydrogen-bond acceptors (Lipinski definition) is 5. The van der Waals surface area contributed by atoms with Gasteiger partial charge in [-0.2, -0.15) is 4.72 Å². The zero-order valence-electron chi connectivity index (χ0n) is 14.4. The van der Waals surface area contributed by atoms with E-state index in [0.29, 0.717) is 12.4 Å². The molecule has 26 heavy (non-hydrogen) atoms. The van der Waals surface area contributed by atoms with Gasteiger partial charge in [0.25, 0.3) is 0 Å². The fourth-order valence-corrected chi connectivity index (χ4v) is 3.65. The zero-order valence-corrected chi connectivity index (χ0v) is 16.0. The van der Waals surface area contributed by atoms with Gasteiger partial charge in [0.1, 0.15) is 5.75 Å². The van der Waals surface area contributed by atoms with E-state index in [4.69, 9.17) is 16.3 Å². The summed E-state index contributed by atoms with van der Waals surface area (Å²) >= 11 is 6.03. The van der Waals surface area contributed by atoms with Gasteiger partial charge in [0.05, 0.1) is 22.6 Å². The van der Waals surface area contributed by atoms with Gasteiger partial charge in [0, 0.05) is 18.9 Å². The minimum Gasteiger partial charge on any atom is -0.492 e. The molecule has 2 aromatic rings. The highest BCUT2D eigenvalue weighted by molar-refractivity contribution is 7.89. The van der Waals surface area contributed by atoms with Crippen LogP contribution in [0.2, 0.25) is 5.02 Å². The quantitative estimate of drug-likeness (QED) is 0.711. The molecule has 1 atom stereocenters. The Morgan fingerprint density at radius 1 is 1.27 bits per heavy atom. The summed E-state index contributed by atoms with van der Waals surface area (Å²) < 4.78 is 32.5. The number of rotatable bonds is 8. The molecule has 0 unspecified atom stereocenters. The molecule has 0 aliphatic carbocycles. The average molecular weight is 398 g/mol. The van der Waals surface area contributed by atoms with Crippen LogP contribution < -0.4 is 14.8 Å². The highest BCUT2D eigenvalue weighted by Gasteiger charge is 2.22. The van der Waals surface area contributed by atoms with Gasteiger partial charge in [0.2, 0.25) is 15.9 Å². The van der Waals surface area contributed by atoms with Crippen LogP contribution in [0, 0.1) is 0 Å². The molecule has 2 rings (SSSR count). The molecule has 1 aromatic carbocycles. The van der Waals surface area contributed by atoms with Crippen molar-refractivity contribution in [2.45, 2.75) is 31.3 Å². The number of carbonyl (C=O) groups excluding carboxylic acids is 1. The van der Waals surface area contributed by atoms with Crippen LogP contribution in [0.1, 0.15) is 19.4 Å². The second-order valence-corrected chi connectivity index (χ2v) is 7.56. The number of pyridine rings is 1. The number of sulfonamides is 1. The Kier molecular flexibility index (Phi) is 6.96. The molecule has 0 aliphatic heterocycles. The Morgan fingerprint density at radius 3 is 2.58 bits per heavy atom. The van der Waals surface area contributed by atoms with Crippen LogP contribution in [-0.4, -0.2) is 32.0 Å². The molecule has 140 valence electrons. The number of halogens is 1. The molecule has 0 fully saturated rings. The maximum Gasteiger partial charge on any atom is 0.241 e. The Labute approximate surface area is 157 Å². The van der Waals surface area contributed by atoms with E-state index >= 15 is 0 Å². The van der Waals surface area contributed by atoms with Gasteiger partial charge in [-0.05, 0) is 49.7 Å². The lowest BCUT2D eigenvalue weighted by Crippen LogP contribution is -2.44. The summed E-state index contributed by atoms with van der Waals surface area (Å²) in [5.41, 5.74) is 0.863. The summed E-state index contributed by atoms with van der Waals surface area (Å²) in [5, 5.41) is 2.86. The number of ether oxygens (including phenoxy) is 1. The van der Waals surface area contributed by atoms with Crippen molar-refractivity contribution in [1.29, 1.82) is 0 Å². The Balaban J connectivity index is 2.01. The molecule has 1 heterocycles. The number of carbonyl (C=O) groups is 1. The monoisotopic (exact) mass is 397 g/mol. The smallest absolute Gasteiger partial charge is 0.241 e. The lowest BCUT2D eigenvalue weighted by molar-refractivity contribution is -0.122. The second kappa shape index (κ2) is 8.98. The van der Waals surface area contributed by atoms with Crippen LogP contribution >= 0.6 is 11.6 Å². The number of benzene rings is 1. The van der Waals surface area contributed by atoms with E-state index in [1.54, 1.807) is 31.5 Å². The van der Waals surface area contributed by atoms with E-state index in [1.807, 2.05) is 0 Å². The fraction of sp³-hybridized carbons (Fsp3) is 0.294. The van der Waals surface area contributed by atoms with Gasteiger partial charge < -0.3 is 10.1 Å². The molecular weight excluding hydrogens is 378 g/mol. The molecule has 1 amide bonds. The van der Waals surface area contributed by atoms with Crippen molar-refractivity contribution < 1.29 is 17.9 Å². The average Bonchev–Trinajstić information content (AvgIpc) is 2.62. The minimum absolute atomic E-state index is 0.0419. The molecule has 0 bridgehead atoms. The van der Waals surface area contributed by atoms with Crippen LogP contribution in [0.4, 0.5) is 0 Å². The van der Waals surface area contributed by atoms with E-state index in [0.717, 1.165) is 5.56 Å². The van der Waals surface area contributed by atoms with E-state index in [-0.39, 0.29) is 16.5 Å². The number of hydrogen-bond donors (Lipinski definition) is 2. The maximum absolute atomic E-state index is 12.4. The van der Waals surface area contributed by atoms with Gasteiger partial charge >= 0.3 is 0 Å². The first-order chi connectivity index (χ1) is 12.3. The van der Waals surface area contributed by atoms with Crippen molar-refractivity contribution in [3.63, 3.8) is 0 Å². The summed E-state index contributed by atoms with van der Waals surface area (Å²) in [6.07, 6.45) is 3.23. The molecule has 0 aliphatic rings. The van der Waals surface area contributed by atoms with Gasteiger partial charge in [-0.3, -0.25) is 9.78 Å². The van der Waals surface area contributed by atoms with Crippen molar-refractivity contribution >= 4 is 27.5 Å². The molecule has 0 saturated heterocycles. The first-order valence-electron chi connectivity index (χ1n) is 7.94. The van der Waals surface area contributed by atoms with Crippen LogP contribution in [0.5, 0.6) is 5.75 Å². The minimum atomic E-state index is -3.90. The van der Waals surface area contributed by atoms with Crippen molar-refractivity contribution in [2.24, 2.45) is 0 Å². The first kappa shape index (κ1) is 20.2. The number of nitrogens with one attached hydrogen (secondary N) is 2. The summed E-state index contributed by atoms with van der Waals surface area (Å²) in [4.78, 5) is 16.0. The van der Waals surface area contributed by atoms with E-state index < -0.39 is 22.0 Å². The predicted octanol–water partition coefficient (Wildman–Crippen LogP) is 2.12. The standard InChI is InChI=1S/C17H20ClN3O4S/c1-3-25-16-5-4-14(10-15(16)18)26(23,24)21-12(2)17(22)20-11-13-6-8-19-9-7-13/h4-10,12,21H,3,11H2,1-2H3,(H,20,22)/t12-/m1/s1. The Bertz CT molecular complexity index is 860. The zero-order chi connectivity index (χ0) is 19.2. The van der Waals surface area contributed by atoms with Crippen molar-refractivity contribution in [3.8, 4) is 5.75 Å². The van der Waals surface area contributed by atoms with Gasteiger partial charge in [-0.25, -0.2) is 8.42 Å². The topological polar surface area (TPSA) is 97.4 Å². The summed E-state index contributed by atoms with van der Waals surface area (Å²) in [7, 11) is -3.90. The van der Waals surface area contributed by atoms with Crippen molar-refractivity contribution in [3.05, 3.63) is 53.3 Å². The van der Waals surface area contributed by atoms with Crippen LogP contribution in [-0.2, 0) is 21.4 Å². The number of aromatic nitrogens is 1. The fourth-order valence-electron chi connectivity index (χ4n) is 2.12.